The van der Waals surface area contributed by atoms with Crippen LogP contribution < -0.4 is 0 Å². The lowest BCUT2D eigenvalue weighted by Crippen LogP contribution is -2.03. The lowest BCUT2D eigenvalue weighted by molar-refractivity contribution is 0.785. The number of fused-ring (bicyclic) bond motifs is 2. The lowest BCUT2D eigenvalue weighted by Gasteiger charge is -2.11. The van der Waals surface area contributed by atoms with Crippen molar-refractivity contribution < 1.29 is 0 Å². The number of aromatic nitrogens is 5. The maximum absolute atomic E-state index is 4.40. The molecule has 0 saturated carbocycles. The average Bonchev–Trinajstić information content (AvgIpc) is 3.12. The number of hydrogen-bond acceptors (Lipinski definition) is 3. The predicted octanol–water partition coefficient (Wildman–Crippen LogP) is 2.53. The Bertz CT molecular complexity index is 889. The molecule has 0 bridgehead atoms. The second-order valence-electron chi connectivity index (χ2n) is 4.85. The van der Waals surface area contributed by atoms with Crippen LogP contribution in [0.5, 0.6) is 0 Å². The summed E-state index contributed by atoms with van der Waals surface area (Å²) in [7, 11) is 0. The van der Waals surface area contributed by atoms with Crippen LogP contribution in [0.25, 0.3) is 11.3 Å². The molecule has 0 saturated heterocycles. The predicted molar refractivity (Wildman–Crippen MR) is 75.7 cm³/mol. The van der Waals surface area contributed by atoms with E-state index in [9.17, 15) is 0 Å². The van der Waals surface area contributed by atoms with Crippen LogP contribution in [-0.4, -0.2) is 24.0 Å². The van der Waals surface area contributed by atoms with E-state index in [-0.39, 0.29) is 5.92 Å². The van der Waals surface area contributed by atoms with Crippen LogP contribution in [0.15, 0.2) is 55.2 Å². The van der Waals surface area contributed by atoms with E-state index in [2.05, 4.69) is 34.3 Å². The fraction of sp³-hybridized carbons (Fsp3) is 0.133. The standard InChI is InChI=1S/C15H13N5/c1-11(12-4-5-14-16-7-8-19(14)10-12)13-9-17-15-3-2-6-18-20(13)15/h2-11H,1H3. The monoisotopic (exact) mass is 263 g/mol. The molecule has 4 aromatic rings. The average molecular weight is 263 g/mol. The highest BCUT2D eigenvalue weighted by molar-refractivity contribution is 5.43. The first kappa shape index (κ1) is 11.2. The Hall–Kier alpha value is -2.69. The van der Waals surface area contributed by atoms with Crippen LogP contribution in [0.4, 0.5) is 0 Å². The summed E-state index contributed by atoms with van der Waals surface area (Å²) in [6.45, 7) is 2.16. The molecule has 4 heterocycles. The van der Waals surface area contributed by atoms with E-state index in [0.717, 1.165) is 17.0 Å². The molecule has 0 aliphatic carbocycles. The number of rotatable bonds is 2. The minimum Gasteiger partial charge on any atom is -0.307 e. The first-order chi connectivity index (χ1) is 9.83. The molecule has 4 aromatic heterocycles. The van der Waals surface area contributed by atoms with Gasteiger partial charge in [0.25, 0.3) is 0 Å². The van der Waals surface area contributed by atoms with E-state index in [0.29, 0.717) is 0 Å². The summed E-state index contributed by atoms with van der Waals surface area (Å²) < 4.78 is 3.92. The third-order valence-electron chi connectivity index (χ3n) is 3.66. The lowest BCUT2D eigenvalue weighted by atomic mass is 10.0. The molecule has 1 atom stereocenters. The maximum atomic E-state index is 4.40. The van der Waals surface area contributed by atoms with Gasteiger partial charge >= 0.3 is 0 Å². The van der Waals surface area contributed by atoms with Gasteiger partial charge in [-0.25, -0.2) is 14.5 Å². The van der Waals surface area contributed by atoms with Crippen molar-refractivity contribution in [3.63, 3.8) is 0 Å². The van der Waals surface area contributed by atoms with Crippen molar-refractivity contribution in [1.29, 1.82) is 0 Å². The normalized spacial score (nSPS) is 13.1. The van der Waals surface area contributed by atoms with Gasteiger partial charge < -0.3 is 4.40 Å². The highest BCUT2D eigenvalue weighted by Gasteiger charge is 2.14. The quantitative estimate of drug-likeness (QED) is 0.558. The van der Waals surface area contributed by atoms with Crippen molar-refractivity contribution in [2.45, 2.75) is 12.8 Å². The molecule has 0 amide bonds. The molecule has 98 valence electrons. The Morgan fingerprint density at radius 1 is 1.05 bits per heavy atom. The Morgan fingerprint density at radius 2 is 2.00 bits per heavy atom. The van der Waals surface area contributed by atoms with Gasteiger partial charge in [-0.3, -0.25) is 0 Å². The summed E-state index contributed by atoms with van der Waals surface area (Å²) >= 11 is 0. The third-order valence-corrected chi connectivity index (χ3v) is 3.66. The molecule has 5 heteroatoms. The van der Waals surface area contributed by atoms with E-state index in [1.165, 1.54) is 5.56 Å². The summed E-state index contributed by atoms with van der Waals surface area (Å²) in [5.74, 6) is 0.215. The second kappa shape index (κ2) is 4.16. The van der Waals surface area contributed by atoms with Crippen LogP contribution in [0.2, 0.25) is 0 Å². The molecular formula is C15H13N5. The molecule has 0 aliphatic heterocycles. The van der Waals surface area contributed by atoms with Crippen molar-refractivity contribution in [2.75, 3.05) is 0 Å². The maximum Gasteiger partial charge on any atom is 0.153 e. The number of nitrogens with zero attached hydrogens (tertiary/aromatic N) is 5. The summed E-state index contributed by atoms with van der Waals surface area (Å²) in [6, 6.07) is 7.99. The Balaban J connectivity index is 1.84. The minimum absolute atomic E-state index is 0.215. The number of imidazole rings is 2. The van der Waals surface area contributed by atoms with Crippen LogP contribution in [0.3, 0.4) is 0 Å². The molecule has 4 rings (SSSR count). The van der Waals surface area contributed by atoms with E-state index in [1.807, 2.05) is 39.5 Å². The van der Waals surface area contributed by atoms with E-state index >= 15 is 0 Å². The zero-order chi connectivity index (χ0) is 13.5. The van der Waals surface area contributed by atoms with E-state index in [1.54, 1.807) is 12.4 Å². The Kier molecular flexibility index (Phi) is 2.32. The molecule has 1 unspecified atom stereocenters. The van der Waals surface area contributed by atoms with E-state index < -0.39 is 0 Å². The van der Waals surface area contributed by atoms with Crippen LogP contribution in [-0.2, 0) is 0 Å². The first-order valence-corrected chi connectivity index (χ1v) is 6.54. The summed E-state index contributed by atoms with van der Waals surface area (Å²) in [6.07, 6.45) is 9.54. The molecular weight excluding hydrogens is 250 g/mol. The van der Waals surface area contributed by atoms with Gasteiger partial charge in [0.1, 0.15) is 5.65 Å². The van der Waals surface area contributed by atoms with Gasteiger partial charge in [-0.2, -0.15) is 5.10 Å². The van der Waals surface area contributed by atoms with Crippen LogP contribution in [0, 0.1) is 0 Å². The van der Waals surface area contributed by atoms with Gasteiger partial charge in [-0.05, 0) is 23.8 Å². The van der Waals surface area contributed by atoms with Crippen molar-refractivity contribution in [3.8, 4) is 0 Å². The summed E-state index contributed by atoms with van der Waals surface area (Å²) in [5.41, 5.74) is 4.12. The molecule has 0 aromatic carbocycles. The topological polar surface area (TPSA) is 47.5 Å². The van der Waals surface area contributed by atoms with Crippen LogP contribution >= 0.6 is 0 Å². The number of hydrogen-bond donors (Lipinski definition) is 0. The van der Waals surface area contributed by atoms with Gasteiger partial charge in [-0.1, -0.05) is 13.0 Å². The minimum atomic E-state index is 0.215. The summed E-state index contributed by atoms with van der Waals surface area (Å²) in [4.78, 5) is 8.66. The van der Waals surface area contributed by atoms with Gasteiger partial charge in [0.05, 0.1) is 11.9 Å². The highest BCUT2D eigenvalue weighted by atomic mass is 15.3. The third kappa shape index (κ3) is 1.60. The van der Waals surface area contributed by atoms with Gasteiger partial charge in [0.2, 0.25) is 0 Å². The van der Waals surface area contributed by atoms with Crippen molar-refractivity contribution in [2.24, 2.45) is 0 Å². The Morgan fingerprint density at radius 3 is 2.95 bits per heavy atom. The largest absolute Gasteiger partial charge is 0.307 e. The summed E-state index contributed by atoms with van der Waals surface area (Å²) in [5, 5.41) is 4.38. The van der Waals surface area contributed by atoms with Crippen molar-refractivity contribution in [3.05, 3.63) is 66.5 Å². The van der Waals surface area contributed by atoms with Gasteiger partial charge in [0, 0.05) is 30.7 Å². The first-order valence-electron chi connectivity index (χ1n) is 6.54. The van der Waals surface area contributed by atoms with Gasteiger partial charge in [-0.15, -0.1) is 0 Å². The second-order valence-corrected chi connectivity index (χ2v) is 4.85. The zero-order valence-electron chi connectivity index (χ0n) is 11.0. The van der Waals surface area contributed by atoms with Crippen LogP contribution in [0.1, 0.15) is 24.1 Å². The molecule has 0 aliphatic rings. The Labute approximate surface area is 115 Å². The van der Waals surface area contributed by atoms with Gasteiger partial charge in [0.15, 0.2) is 5.65 Å². The van der Waals surface area contributed by atoms with Crippen molar-refractivity contribution in [1.82, 2.24) is 24.0 Å². The van der Waals surface area contributed by atoms with Crippen molar-refractivity contribution >= 4 is 11.3 Å². The molecule has 0 spiro atoms. The zero-order valence-corrected chi connectivity index (χ0v) is 11.0. The molecule has 0 radical (unpaired) electrons. The SMILES string of the molecule is CC(c1ccc2nccn2c1)c1cnc2cccnn12. The highest BCUT2D eigenvalue weighted by Crippen LogP contribution is 2.24. The molecule has 0 fully saturated rings. The fourth-order valence-corrected chi connectivity index (χ4v) is 2.51. The smallest absolute Gasteiger partial charge is 0.153 e. The molecule has 5 nitrogen and oxygen atoms in total. The molecule has 0 N–H and O–H groups in total. The number of pyridine rings is 1. The molecule has 20 heavy (non-hydrogen) atoms. The van der Waals surface area contributed by atoms with E-state index in [4.69, 9.17) is 0 Å². The fourth-order valence-electron chi connectivity index (χ4n) is 2.51.